The minimum absolute atomic E-state index is 0.176. The van der Waals surface area contributed by atoms with E-state index in [1.807, 2.05) is 42.5 Å². The van der Waals surface area contributed by atoms with Crippen molar-refractivity contribution in [3.05, 3.63) is 65.8 Å². The van der Waals surface area contributed by atoms with Gasteiger partial charge in [-0.3, -0.25) is 0 Å². The maximum absolute atomic E-state index is 9.60. The van der Waals surface area contributed by atoms with Crippen LogP contribution >= 0.6 is 0 Å². The van der Waals surface area contributed by atoms with Gasteiger partial charge in [-0.25, -0.2) is 4.79 Å². The number of nitriles is 1. The summed E-state index contributed by atoms with van der Waals surface area (Å²) in [5.41, 5.74) is 2.03. The van der Waals surface area contributed by atoms with Gasteiger partial charge in [0.05, 0.1) is 6.07 Å². The molecule has 0 amide bonds. The fourth-order valence-corrected chi connectivity index (χ4v) is 0.905. The zero-order valence-electron chi connectivity index (χ0n) is 11.1. The van der Waals surface area contributed by atoms with E-state index in [9.17, 15) is 4.79 Å². The highest BCUT2D eigenvalue weighted by Gasteiger charge is 1.90. The minimum atomic E-state index is -0.935. The Kier molecular flexibility index (Phi) is 8.14. The van der Waals surface area contributed by atoms with Crippen molar-refractivity contribution in [2.24, 2.45) is 0 Å². The van der Waals surface area contributed by atoms with E-state index in [-0.39, 0.29) is 5.57 Å². The molecule has 0 atom stereocenters. The second-order valence-corrected chi connectivity index (χ2v) is 3.82. The summed E-state index contributed by atoms with van der Waals surface area (Å²) in [5.74, 6) is -0.935. The van der Waals surface area contributed by atoms with Gasteiger partial charge in [0.15, 0.2) is 0 Å². The molecule has 0 saturated heterocycles. The molecule has 0 unspecified atom stereocenters. The summed E-state index contributed by atoms with van der Waals surface area (Å²) < 4.78 is 0. The first-order valence-corrected chi connectivity index (χ1v) is 5.66. The molecule has 0 radical (unpaired) electrons. The van der Waals surface area contributed by atoms with Crippen molar-refractivity contribution in [3.63, 3.8) is 0 Å². The topological polar surface area (TPSA) is 61.1 Å². The van der Waals surface area contributed by atoms with Crippen LogP contribution in [0.4, 0.5) is 0 Å². The summed E-state index contributed by atoms with van der Waals surface area (Å²) in [6.07, 6.45) is 5.65. The fourth-order valence-electron chi connectivity index (χ4n) is 0.905. The maximum Gasteiger partial charge on any atom is 0.330 e. The van der Waals surface area contributed by atoms with Crippen LogP contribution in [0.5, 0.6) is 0 Å². The van der Waals surface area contributed by atoms with Crippen molar-refractivity contribution in [2.75, 3.05) is 0 Å². The van der Waals surface area contributed by atoms with E-state index in [4.69, 9.17) is 10.4 Å². The summed E-state index contributed by atoms with van der Waals surface area (Å²) in [5, 5.41) is 16.4. The second-order valence-electron chi connectivity index (χ2n) is 3.82. The molecule has 1 N–H and O–H groups in total. The Morgan fingerprint density at radius 3 is 2.26 bits per heavy atom. The molecule has 0 bridgehead atoms. The number of nitrogens with zero attached hydrogens (tertiary/aromatic N) is 1. The standard InChI is InChI=1S/C12H11N.C4H6O2/c1-11(10-13)6-5-9-12-7-3-2-4-8-12;1-3(2)4(5)6/h2-9H,1H3;1H2,2H3,(H,5,6). The summed E-state index contributed by atoms with van der Waals surface area (Å²) in [6, 6.07) is 12.1. The van der Waals surface area contributed by atoms with Crippen LogP contribution in [0.1, 0.15) is 19.4 Å². The van der Waals surface area contributed by atoms with Crippen LogP contribution in [0.2, 0.25) is 0 Å². The lowest BCUT2D eigenvalue weighted by Gasteiger charge is -1.88. The van der Waals surface area contributed by atoms with Crippen molar-refractivity contribution in [3.8, 4) is 6.07 Å². The molecule has 0 saturated carbocycles. The van der Waals surface area contributed by atoms with Gasteiger partial charge in [-0.2, -0.15) is 5.26 Å². The number of hydrogen-bond donors (Lipinski definition) is 1. The smallest absolute Gasteiger partial charge is 0.330 e. The van der Waals surface area contributed by atoms with Gasteiger partial charge >= 0.3 is 5.97 Å². The first-order valence-electron chi connectivity index (χ1n) is 5.66. The highest BCUT2D eigenvalue weighted by atomic mass is 16.4. The Bertz CT molecular complexity index is 507. The number of hydrogen-bond acceptors (Lipinski definition) is 2. The lowest BCUT2D eigenvalue weighted by atomic mass is 10.2. The zero-order chi connectivity index (χ0) is 14.7. The first-order chi connectivity index (χ1) is 8.97. The van der Waals surface area contributed by atoms with E-state index < -0.39 is 5.97 Å². The number of carboxylic acid groups (broad SMARTS) is 1. The Balaban J connectivity index is 0.000000459. The molecule has 0 aliphatic heterocycles. The summed E-state index contributed by atoms with van der Waals surface area (Å²) >= 11 is 0. The number of carboxylic acids is 1. The third-order valence-corrected chi connectivity index (χ3v) is 1.98. The number of benzene rings is 1. The summed E-state index contributed by atoms with van der Waals surface area (Å²) in [6.45, 7) is 6.39. The normalized spacial score (nSPS) is 10.3. The van der Waals surface area contributed by atoms with Crippen molar-refractivity contribution in [2.45, 2.75) is 13.8 Å². The number of allylic oxidation sites excluding steroid dienone is 3. The molecule has 3 nitrogen and oxygen atoms in total. The van der Waals surface area contributed by atoms with Crippen molar-refractivity contribution in [1.29, 1.82) is 5.26 Å². The molecule has 0 heterocycles. The summed E-state index contributed by atoms with van der Waals surface area (Å²) in [7, 11) is 0. The average molecular weight is 255 g/mol. The molecular formula is C16H17NO2. The largest absolute Gasteiger partial charge is 0.478 e. The SMILES string of the molecule is C=C(C)C(=O)O.CC(C#N)=CC=Cc1ccccc1. The van der Waals surface area contributed by atoms with Crippen LogP contribution in [-0.2, 0) is 4.79 Å². The molecule has 0 aliphatic rings. The van der Waals surface area contributed by atoms with Gasteiger partial charge in [0.1, 0.15) is 0 Å². The predicted octanol–water partition coefficient (Wildman–Crippen LogP) is 3.82. The Labute approximate surface area is 113 Å². The second kappa shape index (κ2) is 9.43. The Hall–Kier alpha value is -2.60. The first kappa shape index (κ1) is 16.4. The Morgan fingerprint density at radius 1 is 1.32 bits per heavy atom. The highest BCUT2D eigenvalue weighted by molar-refractivity contribution is 5.84. The molecule has 1 aromatic carbocycles. The minimum Gasteiger partial charge on any atom is -0.478 e. The van der Waals surface area contributed by atoms with Gasteiger partial charge in [0.25, 0.3) is 0 Å². The fraction of sp³-hybridized carbons (Fsp3) is 0.125. The van der Waals surface area contributed by atoms with E-state index in [1.165, 1.54) is 6.92 Å². The van der Waals surface area contributed by atoms with Crippen molar-refractivity contribution < 1.29 is 9.90 Å². The molecular weight excluding hydrogens is 238 g/mol. The predicted molar refractivity (Wildman–Crippen MR) is 77.3 cm³/mol. The van der Waals surface area contributed by atoms with E-state index in [2.05, 4.69) is 12.6 Å². The average Bonchev–Trinajstić information content (AvgIpc) is 2.40. The van der Waals surface area contributed by atoms with E-state index in [0.29, 0.717) is 5.57 Å². The van der Waals surface area contributed by atoms with Gasteiger partial charge in [0, 0.05) is 11.1 Å². The van der Waals surface area contributed by atoms with Crippen LogP contribution < -0.4 is 0 Å². The monoisotopic (exact) mass is 255 g/mol. The number of aliphatic carboxylic acids is 1. The molecule has 0 spiro atoms. The van der Waals surface area contributed by atoms with Gasteiger partial charge in [0.2, 0.25) is 0 Å². The van der Waals surface area contributed by atoms with E-state index in [1.54, 1.807) is 13.0 Å². The third kappa shape index (κ3) is 9.13. The lowest BCUT2D eigenvalue weighted by Crippen LogP contribution is -1.92. The maximum atomic E-state index is 9.60. The molecule has 1 aromatic rings. The van der Waals surface area contributed by atoms with E-state index >= 15 is 0 Å². The molecule has 3 heteroatoms. The van der Waals surface area contributed by atoms with Gasteiger partial charge in [-0.15, -0.1) is 0 Å². The molecule has 98 valence electrons. The lowest BCUT2D eigenvalue weighted by molar-refractivity contribution is -0.132. The number of rotatable bonds is 3. The van der Waals surface area contributed by atoms with Crippen LogP contribution in [0.15, 0.2) is 60.2 Å². The van der Waals surface area contributed by atoms with E-state index in [0.717, 1.165) is 5.56 Å². The third-order valence-electron chi connectivity index (χ3n) is 1.98. The molecule has 0 fully saturated rings. The summed E-state index contributed by atoms with van der Waals surface area (Å²) in [4.78, 5) is 9.60. The van der Waals surface area contributed by atoms with Crippen LogP contribution in [0.25, 0.3) is 6.08 Å². The molecule has 0 aliphatic carbocycles. The quantitative estimate of drug-likeness (QED) is 0.507. The molecule has 0 aromatic heterocycles. The van der Waals surface area contributed by atoms with Crippen molar-refractivity contribution in [1.82, 2.24) is 0 Å². The van der Waals surface area contributed by atoms with Crippen LogP contribution in [0.3, 0.4) is 0 Å². The van der Waals surface area contributed by atoms with Crippen LogP contribution in [0, 0.1) is 11.3 Å². The molecule has 1 rings (SSSR count). The van der Waals surface area contributed by atoms with Gasteiger partial charge < -0.3 is 5.11 Å². The van der Waals surface area contributed by atoms with Crippen molar-refractivity contribution >= 4 is 12.0 Å². The number of carbonyl (C=O) groups is 1. The highest BCUT2D eigenvalue weighted by Crippen LogP contribution is 2.01. The van der Waals surface area contributed by atoms with Gasteiger partial charge in [-0.1, -0.05) is 49.1 Å². The molecule has 19 heavy (non-hydrogen) atoms. The zero-order valence-corrected chi connectivity index (χ0v) is 11.1. The Morgan fingerprint density at radius 2 is 1.84 bits per heavy atom. The van der Waals surface area contributed by atoms with Crippen LogP contribution in [-0.4, -0.2) is 11.1 Å². The van der Waals surface area contributed by atoms with Gasteiger partial charge in [-0.05, 0) is 25.5 Å².